The van der Waals surface area contributed by atoms with E-state index in [1.165, 1.54) is 4.90 Å². The number of amides is 3. The molecule has 0 saturated heterocycles. The monoisotopic (exact) mass is 298 g/mol. The summed E-state index contributed by atoms with van der Waals surface area (Å²) in [6, 6.07) is 1.43. The minimum Gasteiger partial charge on any atom is -0.481 e. The van der Waals surface area contributed by atoms with Crippen LogP contribution in [-0.4, -0.2) is 35.0 Å². The molecule has 1 unspecified atom stereocenters. The number of carboxylic acids is 1. The lowest BCUT2D eigenvalue weighted by Crippen LogP contribution is -2.40. The van der Waals surface area contributed by atoms with Crippen LogP contribution in [0.4, 0.5) is 4.79 Å². The minimum atomic E-state index is -0.953. The van der Waals surface area contributed by atoms with Crippen molar-refractivity contribution in [3.63, 3.8) is 0 Å². The molecule has 0 aromatic carbocycles. The van der Waals surface area contributed by atoms with Crippen molar-refractivity contribution in [2.45, 2.75) is 26.3 Å². The molecule has 0 aliphatic heterocycles. The van der Waals surface area contributed by atoms with Crippen LogP contribution in [0.15, 0.2) is 16.8 Å². The Kier molecular flexibility index (Phi) is 6.17. The standard InChI is InChI=1S/C13H18N2O4S/c1-9(6-12(17)18)5-11(16)14-13(19)15(2)7-10-3-4-20-8-10/h3-4,8-9H,5-7H2,1-2H3,(H,17,18)(H,14,16,19). The lowest BCUT2D eigenvalue weighted by molar-refractivity contribution is -0.138. The van der Waals surface area contributed by atoms with Gasteiger partial charge in [0.05, 0.1) is 0 Å². The first kappa shape index (κ1) is 16.2. The van der Waals surface area contributed by atoms with Crippen molar-refractivity contribution in [2.75, 3.05) is 7.05 Å². The molecule has 1 aromatic rings. The molecule has 1 rings (SSSR count). The fraction of sp³-hybridized carbons (Fsp3) is 0.462. The molecule has 0 fully saturated rings. The summed E-state index contributed by atoms with van der Waals surface area (Å²) in [6.45, 7) is 2.08. The Labute approximate surface area is 121 Å². The van der Waals surface area contributed by atoms with E-state index in [1.54, 1.807) is 25.3 Å². The second-order valence-electron chi connectivity index (χ2n) is 4.75. The maximum Gasteiger partial charge on any atom is 0.324 e. The molecule has 0 radical (unpaired) electrons. The number of carbonyl (C=O) groups is 3. The Bertz CT molecular complexity index is 473. The molecule has 0 aliphatic carbocycles. The van der Waals surface area contributed by atoms with E-state index in [9.17, 15) is 14.4 Å². The van der Waals surface area contributed by atoms with Crippen LogP contribution in [0.3, 0.4) is 0 Å². The number of nitrogens with zero attached hydrogens (tertiary/aromatic N) is 1. The lowest BCUT2D eigenvalue weighted by atomic mass is 10.0. The van der Waals surface area contributed by atoms with Crippen LogP contribution < -0.4 is 5.32 Å². The van der Waals surface area contributed by atoms with Crippen LogP contribution in [0.25, 0.3) is 0 Å². The number of thiophene rings is 1. The van der Waals surface area contributed by atoms with Crippen LogP contribution in [0.1, 0.15) is 25.3 Å². The van der Waals surface area contributed by atoms with Gasteiger partial charge in [-0.3, -0.25) is 14.9 Å². The Hall–Kier alpha value is -1.89. The van der Waals surface area contributed by atoms with Crippen molar-refractivity contribution < 1.29 is 19.5 Å². The summed E-state index contributed by atoms with van der Waals surface area (Å²) < 4.78 is 0. The zero-order valence-corrected chi connectivity index (χ0v) is 12.3. The maximum atomic E-state index is 11.8. The smallest absolute Gasteiger partial charge is 0.324 e. The molecular weight excluding hydrogens is 280 g/mol. The number of carbonyl (C=O) groups excluding carboxylic acids is 2. The SMILES string of the molecule is CC(CC(=O)O)CC(=O)NC(=O)N(C)Cc1ccsc1. The lowest BCUT2D eigenvalue weighted by Gasteiger charge is -2.17. The Morgan fingerprint density at radius 1 is 1.40 bits per heavy atom. The van der Waals surface area contributed by atoms with E-state index >= 15 is 0 Å². The first-order valence-corrected chi connectivity index (χ1v) is 7.10. The van der Waals surface area contributed by atoms with E-state index in [0.717, 1.165) is 5.56 Å². The van der Waals surface area contributed by atoms with Gasteiger partial charge in [0.25, 0.3) is 0 Å². The number of imide groups is 1. The summed E-state index contributed by atoms with van der Waals surface area (Å²) in [7, 11) is 1.60. The summed E-state index contributed by atoms with van der Waals surface area (Å²) in [5, 5.41) is 14.7. The van der Waals surface area contributed by atoms with Gasteiger partial charge in [0.15, 0.2) is 0 Å². The van der Waals surface area contributed by atoms with Gasteiger partial charge in [0.1, 0.15) is 0 Å². The number of hydrogen-bond donors (Lipinski definition) is 2. The van der Waals surface area contributed by atoms with Gasteiger partial charge >= 0.3 is 12.0 Å². The molecule has 6 nitrogen and oxygen atoms in total. The normalized spacial score (nSPS) is 11.7. The molecule has 2 N–H and O–H groups in total. The zero-order valence-electron chi connectivity index (χ0n) is 11.5. The van der Waals surface area contributed by atoms with Crippen LogP contribution in [0.2, 0.25) is 0 Å². The largest absolute Gasteiger partial charge is 0.481 e. The number of nitrogens with one attached hydrogen (secondary N) is 1. The van der Waals surface area contributed by atoms with Gasteiger partial charge in [0, 0.05) is 26.4 Å². The first-order valence-electron chi connectivity index (χ1n) is 6.16. The zero-order chi connectivity index (χ0) is 15.1. The number of hydrogen-bond acceptors (Lipinski definition) is 4. The van der Waals surface area contributed by atoms with Gasteiger partial charge in [-0.15, -0.1) is 0 Å². The van der Waals surface area contributed by atoms with Crippen LogP contribution in [0.5, 0.6) is 0 Å². The predicted molar refractivity (Wildman–Crippen MR) is 75.4 cm³/mol. The predicted octanol–water partition coefficient (Wildman–Crippen LogP) is 1.92. The van der Waals surface area contributed by atoms with Gasteiger partial charge in [-0.05, 0) is 28.3 Å². The third kappa shape index (κ3) is 5.83. The molecule has 0 spiro atoms. The summed E-state index contributed by atoms with van der Waals surface area (Å²) in [6.07, 6.45) is -0.0727. The Morgan fingerprint density at radius 3 is 2.65 bits per heavy atom. The van der Waals surface area contributed by atoms with Crippen LogP contribution in [0, 0.1) is 5.92 Å². The third-order valence-corrected chi connectivity index (χ3v) is 3.38. The molecule has 0 aliphatic rings. The molecule has 3 amide bonds. The van der Waals surface area contributed by atoms with Gasteiger partial charge in [-0.25, -0.2) is 4.79 Å². The van der Waals surface area contributed by atoms with Crippen molar-refractivity contribution >= 4 is 29.2 Å². The molecule has 7 heteroatoms. The molecule has 0 saturated carbocycles. The number of carboxylic acid groups (broad SMARTS) is 1. The number of urea groups is 1. The molecule has 1 atom stereocenters. The fourth-order valence-electron chi connectivity index (χ4n) is 1.68. The van der Waals surface area contributed by atoms with E-state index in [1.807, 2.05) is 16.8 Å². The molecule has 1 heterocycles. The van der Waals surface area contributed by atoms with Gasteiger partial charge in [0.2, 0.25) is 5.91 Å². The highest BCUT2D eigenvalue weighted by molar-refractivity contribution is 7.07. The summed E-state index contributed by atoms with van der Waals surface area (Å²) in [4.78, 5) is 35.3. The molecule has 1 aromatic heterocycles. The number of rotatable bonds is 6. The van der Waals surface area contributed by atoms with Crippen molar-refractivity contribution in [3.05, 3.63) is 22.4 Å². The number of aliphatic carboxylic acids is 1. The van der Waals surface area contributed by atoms with Crippen LogP contribution >= 0.6 is 11.3 Å². The van der Waals surface area contributed by atoms with Crippen molar-refractivity contribution in [1.29, 1.82) is 0 Å². The maximum absolute atomic E-state index is 11.8. The highest BCUT2D eigenvalue weighted by atomic mass is 32.1. The third-order valence-electron chi connectivity index (χ3n) is 2.65. The fourth-order valence-corrected chi connectivity index (χ4v) is 2.34. The Balaban J connectivity index is 2.37. The highest BCUT2D eigenvalue weighted by Gasteiger charge is 2.16. The average Bonchev–Trinajstić information content (AvgIpc) is 2.79. The van der Waals surface area contributed by atoms with Crippen molar-refractivity contribution in [2.24, 2.45) is 5.92 Å². The van der Waals surface area contributed by atoms with E-state index in [0.29, 0.717) is 6.54 Å². The summed E-state index contributed by atoms with van der Waals surface area (Å²) >= 11 is 1.54. The second kappa shape index (κ2) is 7.64. The van der Waals surface area contributed by atoms with Crippen LogP contribution in [-0.2, 0) is 16.1 Å². The topological polar surface area (TPSA) is 86.7 Å². The molecule has 20 heavy (non-hydrogen) atoms. The van der Waals surface area contributed by atoms with E-state index in [-0.39, 0.29) is 18.8 Å². The van der Waals surface area contributed by atoms with Crippen molar-refractivity contribution in [1.82, 2.24) is 10.2 Å². The van der Waals surface area contributed by atoms with Gasteiger partial charge < -0.3 is 10.0 Å². The van der Waals surface area contributed by atoms with Gasteiger partial charge in [-0.2, -0.15) is 11.3 Å². The molecular formula is C13H18N2O4S. The first-order chi connectivity index (χ1) is 9.38. The van der Waals surface area contributed by atoms with E-state index < -0.39 is 17.9 Å². The van der Waals surface area contributed by atoms with Gasteiger partial charge in [-0.1, -0.05) is 6.92 Å². The average molecular weight is 298 g/mol. The summed E-state index contributed by atoms with van der Waals surface area (Å²) in [5.41, 5.74) is 0.999. The summed E-state index contributed by atoms with van der Waals surface area (Å²) in [5.74, 6) is -1.71. The van der Waals surface area contributed by atoms with Crippen molar-refractivity contribution in [3.8, 4) is 0 Å². The Morgan fingerprint density at radius 2 is 2.10 bits per heavy atom. The molecule has 110 valence electrons. The van der Waals surface area contributed by atoms with E-state index in [2.05, 4.69) is 5.32 Å². The second-order valence-corrected chi connectivity index (χ2v) is 5.53. The highest BCUT2D eigenvalue weighted by Crippen LogP contribution is 2.09. The molecule has 0 bridgehead atoms. The minimum absolute atomic E-state index is 0.0182. The van der Waals surface area contributed by atoms with E-state index in [4.69, 9.17) is 5.11 Å². The quantitative estimate of drug-likeness (QED) is 0.840.